The van der Waals surface area contributed by atoms with E-state index in [0.717, 1.165) is 45.3 Å². The van der Waals surface area contributed by atoms with Crippen molar-refractivity contribution in [2.24, 2.45) is 10.9 Å². The van der Waals surface area contributed by atoms with Gasteiger partial charge in [-0.3, -0.25) is 9.89 Å². The van der Waals surface area contributed by atoms with E-state index in [4.69, 9.17) is 4.74 Å². The summed E-state index contributed by atoms with van der Waals surface area (Å²) in [6.07, 6.45) is 1.20. The summed E-state index contributed by atoms with van der Waals surface area (Å²) in [6, 6.07) is 0.599. The minimum atomic E-state index is 0.599. The summed E-state index contributed by atoms with van der Waals surface area (Å²) in [4.78, 5) is 9.20. The van der Waals surface area contributed by atoms with Crippen LogP contribution in [0.4, 0.5) is 0 Å². The lowest BCUT2D eigenvalue weighted by Crippen LogP contribution is -2.44. The Balaban J connectivity index is 2.34. The highest BCUT2D eigenvalue weighted by Crippen LogP contribution is 2.16. The van der Waals surface area contributed by atoms with Gasteiger partial charge in [-0.15, -0.1) is 0 Å². The van der Waals surface area contributed by atoms with Crippen molar-refractivity contribution < 1.29 is 4.74 Å². The van der Waals surface area contributed by atoms with E-state index in [-0.39, 0.29) is 0 Å². The van der Waals surface area contributed by atoms with Crippen molar-refractivity contribution in [3.63, 3.8) is 0 Å². The number of hydrogen-bond donors (Lipinski definition) is 1. The van der Waals surface area contributed by atoms with Gasteiger partial charge >= 0.3 is 0 Å². The third-order valence-corrected chi connectivity index (χ3v) is 4.02. The maximum absolute atomic E-state index is 5.25. The van der Waals surface area contributed by atoms with E-state index in [0.29, 0.717) is 12.0 Å². The van der Waals surface area contributed by atoms with Crippen LogP contribution in [0, 0.1) is 5.92 Å². The number of aliphatic imine (C=N–C) groups is 1. The molecule has 20 heavy (non-hydrogen) atoms. The fourth-order valence-corrected chi connectivity index (χ4v) is 2.82. The van der Waals surface area contributed by atoms with E-state index in [1.54, 1.807) is 7.11 Å². The molecular weight excluding hydrogens is 252 g/mol. The van der Waals surface area contributed by atoms with E-state index in [1.807, 2.05) is 7.05 Å². The Hall–Kier alpha value is -0.810. The van der Waals surface area contributed by atoms with Gasteiger partial charge in [0.05, 0.1) is 6.61 Å². The molecule has 1 aliphatic heterocycles. The first-order valence-corrected chi connectivity index (χ1v) is 7.80. The van der Waals surface area contributed by atoms with Crippen molar-refractivity contribution >= 4 is 5.96 Å². The minimum Gasteiger partial charge on any atom is -0.384 e. The topological polar surface area (TPSA) is 40.1 Å². The number of guanidine groups is 1. The first kappa shape index (κ1) is 17.2. The predicted molar refractivity (Wildman–Crippen MR) is 85.3 cm³/mol. The maximum atomic E-state index is 5.25. The fraction of sp³-hybridized carbons (Fsp3) is 0.933. The van der Waals surface area contributed by atoms with Crippen LogP contribution in [-0.4, -0.2) is 75.3 Å². The average Bonchev–Trinajstić information content (AvgIpc) is 2.87. The number of nitrogens with one attached hydrogen (secondary N) is 1. The van der Waals surface area contributed by atoms with Crippen molar-refractivity contribution in [1.29, 1.82) is 0 Å². The summed E-state index contributed by atoms with van der Waals surface area (Å²) in [6.45, 7) is 12.8. The molecule has 0 aromatic heterocycles. The van der Waals surface area contributed by atoms with Crippen molar-refractivity contribution in [3.05, 3.63) is 0 Å². The Morgan fingerprint density at radius 2 is 2.25 bits per heavy atom. The Morgan fingerprint density at radius 3 is 2.80 bits per heavy atom. The molecule has 118 valence electrons. The highest BCUT2D eigenvalue weighted by atomic mass is 16.5. The largest absolute Gasteiger partial charge is 0.384 e. The molecule has 0 saturated carbocycles. The van der Waals surface area contributed by atoms with Crippen LogP contribution in [0.5, 0.6) is 0 Å². The van der Waals surface area contributed by atoms with Crippen LogP contribution in [0.1, 0.15) is 27.2 Å². The Kier molecular flexibility index (Phi) is 7.92. The van der Waals surface area contributed by atoms with Gasteiger partial charge in [-0.05, 0) is 26.8 Å². The van der Waals surface area contributed by atoms with Crippen molar-refractivity contribution in [2.45, 2.75) is 33.2 Å². The van der Waals surface area contributed by atoms with Crippen molar-refractivity contribution in [1.82, 2.24) is 15.1 Å². The molecule has 1 rings (SSSR count). The fourth-order valence-electron chi connectivity index (χ4n) is 2.82. The molecule has 1 saturated heterocycles. The zero-order chi connectivity index (χ0) is 15.0. The standard InChI is InChI=1S/C15H32N4O/c1-6-18(13(2)3)10-8-17-15(16-4)19-9-7-14(11-19)12-20-5/h13-14H,6-12H2,1-5H3,(H,16,17). The van der Waals surface area contributed by atoms with Gasteiger partial charge in [0.1, 0.15) is 0 Å². The summed E-state index contributed by atoms with van der Waals surface area (Å²) in [5, 5.41) is 3.49. The highest BCUT2D eigenvalue weighted by molar-refractivity contribution is 5.80. The molecule has 1 unspecified atom stereocenters. The van der Waals surface area contributed by atoms with Gasteiger partial charge in [-0.1, -0.05) is 6.92 Å². The lowest BCUT2D eigenvalue weighted by molar-refractivity contribution is 0.157. The van der Waals surface area contributed by atoms with Crippen LogP contribution in [0.3, 0.4) is 0 Å². The van der Waals surface area contributed by atoms with Crippen LogP contribution in [0.25, 0.3) is 0 Å². The summed E-state index contributed by atoms with van der Waals surface area (Å²) in [5.74, 6) is 1.67. The van der Waals surface area contributed by atoms with Crippen LogP contribution < -0.4 is 5.32 Å². The molecule has 1 N–H and O–H groups in total. The van der Waals surface area contributed by atoms with Gasteiger partial charge in [0.2, 0.25) is 0 Å². The second kappa shape index (κ2) is 9.19. The van der Waals surface area contributed by atoms with Crippen LogP contribution in [-0.2, 0) is 4.74 Å². The van der Waals surface area contributed by atoms with Gasteiger partial charge in [0.25, 0.3) is 0 Å². The third kappa shape index (κ3) is 5.29. The van der Waals surface area contributed by atoms with Gasteiger partial charge in [0, 0.05) is 52.3 Å². The number of ether oxygens (including phenoxy) is 1. The SMILES string of the molecule is CCN(CCNC(=NC)N1CCC(COC)C1)C(C)C. The lowest BCUT2D eigenvalue weighted by atomic mass is 10.1. The van der Waals surface area contributed by atoms with E-state index in [2.05, 4.69) is 40.9 Å². The normalized spacial score (nSPS) is 20.2. The van der Waals surface area contributed by atoms with Gasteiger partial charge in [0.15, 0.2) is 5.96 Å². The molecular formula is C15H32N4O. The van der Waals surface area contributed by atoms with Crippen LogP contribution in [0.2, 0.25) is 0 Å². The molecule has 5 heteroatoms. The molecule has 0 amide bonds. The molecule has 1 heterocycles. The second-order valence-corrected chi connectivity index (χ2v) is 5.75. The Morgan fingerprint density at radius 1 is 1.50 bits per heavy atom. The van der Waals surface area contributed by atoms with Gasteiger partial charge in [-0.2, -0.15) is 0 Å². The number of rotatable bonds is 7. The molecule has 1 aliphatic rings. The third-order valence-electron chi connectivity index (χ3n) is 4.02. The van der Waals surface area contributed by atoms with Gasteiger partial charge < -0.3 is 15.0 Å². The molecule has 1 atom stereocenters. The quantitative estimate of drug-likeness (QED) is 0.564. The number of methoxy groups -OCH3 is 1. The molecule has 0 aliphatic carbocycles. The molecule has 0 bridgehead atoms. The first-order valence-electron chi connectivity index (χ1n) is 7.80. The number of nitrogens with zero attached hydrogens (tertiary/aromatic N) is 3. The second-order valence-electron chi connectivity index (χ2n) is 5.75. The van der Waals surface area contributed by atoms with Crippen molar-refractivity contribution in [3.8, 4) is 0 Å². The number of likely N-dealkylation sites (tertiary alicyclic amines) is 1. The van der Waals surface area contributed by atoms with E-state index >= 15 is 0 Å². The molecule has 0 aromatic rings. The summed E-state index contributed by atoms with van der Waals surface area (Å²) in [5.41, 5.74) is 0. The summed E-state index contributed by atoms with van der Waals surface area (Å²) < 4.78 is 5.25. The zero-order valence-corrected chi connectivity index (χ0v) is 13.9. The van der Waals surface area contributed by atoms with Crippen LogP contribution in [0.15, 0.2) is 4.99 Å². The van der Waals surface area contributed by atoms with E-state index in [1.165, 1.54) is 6.42 Å². The minimum absolute atomic E-state index is 0.599. The molecule has 0 radical (unpaired) electrons. The van der Waals surface area contributed by atoms with Gasteiger partial charge in [-0.25, -0.2) is 0 Å². The maximum Gasteiger partial charge on any atom is 0.193 e. The lowest BCUT2D eigenvalue weighted by Gasteiger charge is -2.27. The smallest absolute Gasteiger partial charge is 0.193 e. The number of hydrogen-bond acceptors (Lipinski definition) is 3. The molecule has 5 nitrogen and oxygen atoms in total. The Labute approximate surface area is 124 Å². The predicted octanol–water partition coefficient (Wildman–Crippen LogP) is 1.26. The first-order chi connectivity index (χ1) is 9.62. The molecule has 0 spiro atoms. The molecule has 0 aromatic carbocycles. The van der Waals surface area contributed by atoms with Crippen molar-refractivity contribution in [2.75, 3.05) is 53.5 Å². The summed E-state index contributed by atoms with van der Waals surface area (Å²) >= 11 is 0. The van der Waals surface area contributed by atoms with E-state index in [9.17, 15) is 0 Å². The number of likely N-dealkylation sites (N-methyl/N-ethyl adjacent to an activating group) is 1. The molecule has 1 fully saturated rings. The zero-order valence-electron chi connectivity index (χ0n) is 13.9. The monoisotopic (exact) mass is 284 g/mol. The summed E-state index contributed by atoms with van der Waals surface area (Å²) in [7, 11) is 3.65. The highest BCUT2D eigenvalue weighted by Gasteiger charge is 2.24. The van der Waals surface area contributed by atoms with E-state index < -0.39 is 0 Å². The average molecular weight is 284 g/mol. The van der Waals surface area contributed by atoms with Crippen LogP contribution >= 0.6 is 0 Å². The Bertz CT molecular complexity index is 294.